The first-order valence-corrected chi connectivity index (χ1v) is 11.4. The summed E-state index contributed by atoms with van der Waals surface area (Å²) in [5.41, 5.74) is 0.156. The standard InChI is InChI=1S/C23H27ClF2N2O2S/c1-15(22(30)27-23(2,3)4)28(12-16-8-5-6-10-19(16)25)21(29)14-31-13-17-18(24)9-7-11-20(17)26/h5-11,15H,12-14H2,1-4H3,(H,27,30)/t15-/m1/s1. The maximum absolute atomic E-state index is 14.2. The lowest BCUT2D eigenvalue weighted by molar-refractivity contribution is -0.139. The molecule has 0 aliphatic carbocycles. The summed E-state index contributed by atoms with van der Waals surface area (Å²) in [6.45, 7) is 7.08. The molecule has 2 aromatic carbocycles. The van der Waals surface area contributed by atoms with Crippen molar-refractivity contribution in [2.75, 3.05) is 5.75 Å². The van der Waals surface area contributed by atoms with Gasteiger partial charge in [0.05, 0.1) is 5.75 Å². The SMILES string of the molecule is C[C@H](C(=O)NC(C)(C)C)N(Cc1ccccc1F)C(=O)CSCc1c(F)cccc1Cl. The Morgan fingerprint density at radius 3 is 2.35 bits per heavy atom. The Kier molecular flexibility index (Phi) is 8.89. The molecule has 8 heteroatoms. The van der Waals surface area contributed by atoms with Gasteiger partial charge >= 0.3 is 0 Å². The Balaban J connectivity index is 2.15. The summed E-state index contributed by atoms with van der Waals surface area (Å²) in [4.78, 5) is 27.0. The molecule has 0 heterocycles. The monoisotopic (exact) mass is 468 g/mol. The summed E-state index contributed by atoms with van der Waals surface area (Å²) in [6.07, 6.45) is 0. The van der Waals surface area contributed by atoms with Crippen LogP contribution in [0.3, 0.4) is 0 Å². The number of carbonyl (C=O) groups excluding carboxylic acids is 2. The summed E-state index contributed by atoms with van der Waals surface area (Å²) in [7, 11) is 0. The number of benzene rings is 2. The third-order valence-corrected chi connectivity index (χ3v) is 5.80. The summed E-state index contributed by atoms with van der Waals surface area (Å²) < 4.78 is 28.2. The summed E-state index contributed by atoms with van der Waals surface area (Å²) >= 11 is 7.23. The lowest BCUT2D eigenvalue weighted by Gasteiger charge is -2.31. The molecule has 0 saturated carbocycles. The Morgan fingerprint density at radius 1 is 1.10 bits per heavy atom. The maximum Gasteiger partial charge on any atom is 0.242 e. The van der Waals surface area contributed by atoms with Crippen molar-refractivity contribution in [2.45, 2.75) is 51.6 Å². The van der Waals surface area contributed by atoms with E-state index in [1.165, 1.54) is 34.9 Å². The molecule has 4 nitrogen and oxygen atoms in total. The van der Waals surface area contributed by atoms with E-state index in [-0.39, 0.29) is 29.9 Å². The highest BCUT2D eigenvalue weighted by molar-refractivity contribution is 7.99. The van der Waals surface area contributed by atoms with E-state index in [1.807, 2.05) is 20.8 Å². The molecule has 2 amide bonds. The first-order chi connectivity index (χ1) is 14.5. The molecule has 1 atom stereocenters. The fourth-order valence-electron chi connectivity index (χ4n) is 2.86. The first kappa shape index (κ1) is 25.1. The number of amides is 2. The topological polar surface area (TPSA) is 49.4 Å². The number of hydrogen-bond donors (Lipinski definition) is 1. The average molecular weight is 469 g/mol. The van der Waals surface area contributed by atoms with Crippen LogP contribution in [0, 0.1) is 11.6 Å². The molecule has 1 N–H and O–H groups in total. The molecule has 0 saturated heterocycles. The molecule has 0 radical (unpaired) electrons. The average Bonchev–Trinajstić information content (AvgIpc) is 2.67. The third kappa shape index (κ3) is 7.51. The van der Waals surface area contributed by atoms with Crippen LogP contribution in [0.4, 0.5) is 8.78 Å². The van der Waals surface area contributed by atoms with Gasteiger partial charge in [-0.05, 0) is 45.9 Å². The van der Waals surface area contributed by atoms with Crippen molar-refractivity contribution in [3.63, 3.8) is 0 Å². The lowest BCUT2D eigenvalue weighted by Crippen LogP contribution is -2.52. The van der Waals surface area contributed by atoms with Crippen molar-refractivity contribution in [1.82, 2.24) is 10.2 Å². The number of rotatable bonds is 8. The minimum absolute atomic E-state index is 0.00768. The van der Waals surface area contributed by atoms with Crippen molar-refractivity contribution in [2.24, 2.45) is 0 Å². The van der Waals surface area contributed by atoms with E-state index in [1.54, 1.807) is 31.2 Å². The van der Waals surface area contributed by atoms with E-state index in [0.29, 0.717) is 16.1 Å². The van der Waals surface area contributed by atoms with Crippen molar-refractivity contribution in [3.05, 3.63) is 70.2 Å². The minimum atomic E-state index is -0.816. The van der Waals surface area contributed by atoms with Gasteiger partial charge in [0.1, 0.15) is 17.7 Å². The molecule has 0 spiro atoms. The van der Waals surface area contributed by atoms with Crippen LogP contribution in [-0.4, -0.2) is 34.0 Å². The number of halogens is 3. The highest BCUT2D eigenvalue weighted by Gasteiger charge is 2.29. The molecule has 2 rings (SSSR count). The van der Waals surface area contributed by atoms with Crippen LogP contribution in [0.15, 0.2) is 42.5 Å². The molecule has 0 bridgehead atoms. The number of hydrogen-bond acceptors (Lipinski definition) is 3. The van der Waals surface area contributed by atoms with Gasteiger partial charge < -0.3 is 10.2 Å². The zero-order valence-electron chi connectivity index (χ0n) is 18.0. The second kappa shape index (κ2) is 11.0. The quantitative estimate of drug-likeness (QED) is 0.580. The van der Waals surface area contributed by atoms with Gasteiger partial charge in [-0.25, -0.2) is 8.78 Å². The summed E-state index contributed by atoms with van der Waals surface area (Å²) in [5, 5.41) is 3.14. The van der Waals surface area contributed by atoms with Crippen LogP contribution in [0.5, 0.6) is 0 Å². The number of nitrogens with one attached hydrogen (secondary N) is 1. The van der Waals surface area contributed by atoms with Crippen LogP contribution < -0.4 is 5.32 Å². The van der Waals surface area contributed by atoms with E-state index >= 15 is 0 Å². The molecule has 0 aromatic heterocycles. The van der Waals surface area contributed by atoms with Gasteiger partial charge in [0.25, 0.3) is 0 Å². The second-order valence-corrected chi connectivity index (χ2v) is 9.61. The van der Waals surface area contributed by atoms with Crippen LogP contribution in [0.2, 0.25) is 5.02 Å². The van der Waals surface area contributed by atoms with E-state index < -0.39 is 23.2 Å². The van der Waals surface area contributed by atoms with Gasteiger partial charge in [-0.1, -0.05) is 35.9 Å². The molecule has 31 heavy (non-hydrogen) atoms. The third-order valence-electron chi connectivity index (χ3n) is 4.50. The molecular formula is C23H27ClF2N2O2S. The Bertz CT molecular complexity index is 914. The van der Waals surface area contributed by atoms with Crippen LogP contribution >= 0.6 is 23.4 Å². The molecule has 0 unspecified atom stereocenters. The zero-order valence-corrected chi connectivity index (χ0v) is 19.6. The van der Waals surface area contributed by atoms with Crippen molar-refractivity contribution < 1.29 is 18.4 Å². The van der Waals surface area contributed by atoms with Crippen LogP contribution in [0.1, 0.15) is 38.8 Å². The highest BCUT2D eigenvalue weighted by Crippen LogP contribution is 2.24. The minimum Gasteiger partial charge on any atom is -0.350 e. The van der Waals surface area contributed by atoms with Crippen molar-refractivity contribution >= 4 is 35.2 Å². The molecule has 0 fully saturated rings. The van der Waals surface area contributed by atoms with Gasteiger partial charge in [-0.3, -0.25) is 9.59 Å². The molecule has 0 aliphatic rings. The highest BCUT2D eigenvalue weighted by atomic mass is 35.5. The van der Waals surface area contributed by atoms with Gasteiger partial charge in [0, 0.05) is 34.0 Å². The number of carbonyl (C=O) groups is 2. The van der Waals surface area contributed by atoms with Crippen molar-refractivity contribution in [3.8, 4) is 0 Å². The Labute approximate surface area is 191 Å². The normalized spacial score (nSPS) is 12.4. The van der Waals surface area contributed by atoms with Gasteiger partial charge in [-0.2, -0.15) is 0 Å². The molecule has 0 aliphatic heterocycles. The molecule has 2 aromatic rings. The molecule has 168 valence electrons. The Hall–Kier alpha value is -2.12. The predicted octanol–water partition coefficient (Wildman–Crippen LogP) is 5.18. The van der Waals surface area contributed by atoms with E-state index in [2.05, 4.69) is 5.32 Å². The van der Waals surface area contributed by atoms with Gasteiger partial charge in [0.15, 0.2) is 0 Å². The van der Waals surface area contributed by atoms with E-state index in [9.17, 15) is 18.4 Å². The fraction of sp³-hybridized carbons (Fsp3) is 0.391. The van der Waals surface area contributed by atoms with Gasteiger partial charge in [-0.15, -0.1) is 11.8 Å². The van der Waals surface area contributed by atoms with Crippen molar-refractivity contribution in [1.29, 1.82) is 0 Å². The van der Waals surface area contributed by atoms with Gasteiger partial charge in [0.2, 0.25) is 11.8 Å². The summed E-state index contributed by atoms with van der Waals surface area (Å²) in [6, 6.07) is 9.73. The lowest BCUT2D eigenvalue weighted by atomic mass is 10.1. The van der Waals surface area contributed by atoms with E-state index in [0.717, 1.165) is 0 Å². The molecular weight excluding hydrogens is 442 g/mol. The number of nitrogens with zero attached hydrogens (tertiary/aromatic N) is 1. The largest absolute Gasteiger partial charge is 0.350 e. The van der Waals surface area contributed by atoms with Crippen LogP contribution in [0.25, 0.3) is 0 Å². The summed E-state index contributed by atoms with van der Waals surface area (Å²) in [5.74, 6) is -1.38. The maximum atomic E-state index is 14.2. The van der Waals surface area contributed by atoms with Crippen LogP contribution in [-0.2, 0) is 21.9 Å². The first-order valence-electron chi connectivity index (χ1n) is 9.85. The Morgan fingerprint density at radius 2 is 1.74 bits per heavy atom. The zero-order chi connectivity index (χ0) is 23.2. The second-order valence-electron chi connectivity index (χ2n) is 8.22. The van der Waals surface area contributed by atoms with E-state index in [4.69, 9.17) is 11.6 Å². The fourth-order valence-corrected chi connectivity index (χ4v) is 4.11. The number of thioether (sulfide) groups is 1. The predicted molar refractivity (Wildman–Crippen MR) is 122 cm³/mol. The smallest absolute Gasteiger partial charge is 0.242 e.